The normalized spacial score (nSPS) is 23.0. The summed E-state index contributed by atoms with van der Waals surface area (Å²) in [6.45, 7) is 0. The summed E-state index contributed by atoms with van der Waals surface area (Å²) in [5, 5.41) is 22.1. The fourth-order valence-corrected chi connectivity index (χ4v) is 8.49. The van der Waals surface area contributed by atoms with E-state index >= 15 is 0 Å². The topological polar surface area (TPSA) is 141 Å². The van der Waals surface area contributed by atoms with Crippen LogP contribution in [0.15, 0.2) is 47.4 Å². The van der Waals surface area contributed by atoms with E-state index in [0.717, 1.165) is 24.3 Å². The number of carbonyl (C=O) groups excluding carboxylic acids is 1. The Hall–Kier alpha value is -2.96. The van der Waals surface area contributed by atoms with Crippen LogP contribution in [-0.2, 0) is 36.7 Å². The fraction of sp³-hybridized carbons (Fsp3) is 0.458. The lowest BCUT2D eigenvalue weighted by Crippen LogP contribution is -2.54. The molecule has 2 aliphatic rings. The van der Waals surface area contributed by atoms with Crippen molar-refractivity contribution in [3.63, 3.8) is 0 Å². The van der Waals surface area contributed by atoms with Crippen molar-refractivity contribution in [3.05, 3.63) is 59.4 Å². The lowest BCUT2D eigenvalue weighted by molar-refractivity contribution is -0.376. The molecule has 2 heterocycles. The van der Waals surface area contributed by atoms with Crippen molar-refractivity contribution >= 4 is 31.5 Å². The highest BCUT2D eigenvalue weighted by Gasteiger charge is 2.71. The summed E-state index contributed by atoms with van der Waals surface area (Å²) in [5.41, 5.74) is -7.58. The number of nitrogens with one attached hydrogen (secondary N) is 1. The molecule has 4 rings (SSSR count). The molecular formula is C24H23F7N2O7S2. The first-order valence-electron chi connectivity index (χ1n) is 12.1. The fourth-order valence-electron chi connectivity index (χ4n) is 5.03. The van der Waals surface area contributed by atoms with E-state index in [4.69, 9.17) is 0 Å². The summed E-state index contributed by atoms with van der Waals surface area (Å²) >= 11 is 0. The number of nitrogens with zero attached hydrogens (tertiary/aromatic N) is 1. The number of hydrogen-bond acceptors (Lipinski definition) is 7. The molecule has 0 saturated carbocycles. The molecule has 18 heteroatoms. The number of carbonyl (C=O) groups is 1. The minimum Gasteiger partial charge on any atom is -0.390 e. The second-order valence-electron chi connectivity index (χ2n) is 10.0. The monoisotopic (exact) mass is 648 g/mol. The Kier molecular flexibility index (Phi) is 8.10. The lowest BCUT2D eigenvalue weighted by atomic mass is 9.87. The molecule has 2 aromatic rings. The number of aryl methyl sites for hydroxylation is 1. The van der Waals surface area contributed by atoms with Gasteiger partial charge in [-0.3, -0.25) is 9.10 Å². The maximum absolute atomic E-state index is 13.7. The first-order chi connectivity index (χ1) is 19.2. The van der Waals surface area contributed by atoms with Gasteiger partial charge in [-0.05, 0) is 48.7 Å². The van der Waals surface area contributed by atoms with Gasteiger partial charge in [-0.2, -0.15) is 26.3 Å². The summed E-state index contributed by atoms with van der Waals surface area (Å²) in [6, 6.07) is 2.18. The highest BCUT2D eigenvalue weighted by molar-refractivity contribution is 7.93. The smallest absolute Gasteiger partial charge is 0.390 e. The molecule has 3 atom stereocenters. The summed E-state index contributed by atoms with van der Waals surface area (Å²) in [7, 11) is -8.37. The predicted molar refractivity (Wildman–Crippen MR) is 132 cm³/mol. The standard InChI is InChI=1S/C24H23F7N2O7S2/c25-15-3-6-17(7-4-15)42(39,40)33-16(10-21(35)32-18-11-41(37,38)12-20(18)34)5-1-13-9-14(2-8-19(13)33)22(36,23(26,27)28)24(29,30)31/h2-4,6-9,16,18,20,34,36H,1,5,10-12H2,(H,32,35)/t16-,18?,20?/m0/s1. The zero-order valence-electron chi connectivity index (χ0n) is 21.2. The van der Waals surface area contributed by atoms with E-state index in [2.05, 4.69) is 5.32 Å². The number of alkyl halides is 6. The molecule has 42 heavy (non-hydrogen) atoms. The number of aliphatic hydroxyl groups excluding tert-OH is 1. The van der Waals surface area contributed by atoms with Crippen LogP contribution in [0.4, 0.5) is 36.4 Å². The number of benzene rings is 2. The van der Waals surface area contributed by atoms with Crippen molar-refractivity contribution in [2.75, 3.05) is 15.8 Å². The van der Waals surface area contributed by atoms with E-state index < -0.39 is 96.1 Å². The van der Waals surface area contributed by atoms with E-state index in [-0.39, 0.29) is 30.2 Å². The van der Waals surface area contributed by atoms with Gasteiger partial charge in [-0.25, -0.2) is 21.2 Å². The maximum Gasteiger partial charge on any atom is 0.430 e. The van der Waals surface area contributed by atoms with Crippen LogP contribution in [0, 0.1) is 5.82 Å². The Labute approximate surface area is 234 Å². The largest absolute Gasteiger partial charge is 0.430 e. The predicted octanol–water partition coefficient (Wildman–Crippen LogP) is 2.31. The van der Waals surface area contributed by atoms with E-state index in [1.165, 1.54) is 0 Å². The lowest BCUT2D eigenvalue weighted by Gasteiger charge is -2.39. The third-order valence-electron chi connectivity index (χ3n) is 7.09. The van der Waals surface area contributed by atoms with Crippen molar-refractivity contribution in [3.8, 4) is 0 Å². The van der Waals surface area contributed by atoms with Crippen LogP contribution < -0.4 is 9.62 Å². The molecule has 3 N–H and O–H groups in total. The zero-order valence-corrected chi connectivity index (χ0v) is 22.8. The van der Waals surface area contributed by atoms with Crippen molar-refractivity contribution in [2.24, 2.45) is 0 Å². The van der Waals surface area contributed by atoms with Crippen LogP contribution >= 0.6 is 0 Å². The molecule has 232 valence electrons. The Bertz CT molecular complexity index is 1560. The first-order valence-corrected chi connectivity index (χ1v) is 15.4. The van der Waals surface area contributed by atoms with Gasteiger partial charge >= 0.3 is 12.4 Å². The number of sulfone groups is 1. The number of hydrogen-bond donors (Lipinski definition) is 3. The Balaban J connectivity index is 1.76. The minimum absolute atomic E-state index is 0.273. The van der Waals surface area contributed by atoms with E-state index in [1.54, 1.807) is 0 Å². The maximum atomic E-state index is 13.7. The number of anilines is 1. The van der Waals surface area contributed by atoms with Crippen LogP contribution in [-0.4, -0.2) is 75.0 Å². The van der Waals surface area contributed by atoms with Gasteiger partial charge < -0.3 is 15.5 Å². The van der Waals surface area contributed by atoms with Crippen molar-refractivity contribution < 1.29 is 62.6 Å². The van der Waals surface area contributed by atoms with Gasteiger partial charge in [0.05, 0.1) is 40.3 Å². The average Bonchev–Trinajstić information content (AvgIpc) is 3.12. The second-order valence-corrected chi connectivity index (χ2v) is 14.0. The van der Waals surface area contributed by atoms with Crippen LogP contribution in [0.1, 0.15) is 24.0 Å². The minimum atomic E-state index is -6.19. The third kappa shape index (κ3) is 5.80. The Morgan fingerprint density at radius 3 is 2.12 bits per heavy atom. The number of aliphatic hydroxyl groups is 2. The highest BCUT2D eigenvalue weighted by Crippen LogP contribution is 2.51. The molecule has 2 unspecified atom stereocenters. The van der Waals surface area contributed by atoms with E-state index in [9.17, 15) is 62.6 Å². The number of sulfonamides is 1. The number of halogens is 7. The molecule has 0 aromatic heterocycles. The molecular weight excluding hydrogens is 625 g/mol. The number of amides is 1. The summed E-state index contributed by atoms with van der Waals surface area (Å²) in [6.07, 6.45) is -15.1. The van der Waals surface area contributed by atoms with Crippen molar-refractivity contribution in [1.29, 1.82) is 0 Å². The molecule has 0 bridgehead atoms. The van der Waals surface area contributed by atoms with Crippen LogP contribution in [0.2, 0.25) is 0 Å². The highest BCUT2D eigenvalue weighted by atomic mass is 32.2. The Morgan fingerprint density at radius 1 is 1.00 bits per heavy atom. The zero-order chi connectivity index (χ0) is 31.5. The molecule has 1 fully saturated rings. The van der Waals surface area contributed by atoms with Gasteiger partial charge in [-0.1, -0.05) is 12.1 Å². The molecule has 1 saturated heterocycles. The van der Waals surface area contributed by atoms with Crippen LogP contribution in [0.5, 0.6) is 0 Å². The van der Waals surface area contributed by atoms with Crippen LogP contribution in [0.3, 0.4) is 0 Å². The summed E-state index contributed by atoms with van der Waals surface area (Å²) < 4.78 is 146. The molecule has 0 radical (unpaired) electrons. The van der Waals surface area contributed by atoms with Gasteiger partial charge in [0.15, 0.2) is 9.84 Å². The third-order valence-corrected chi connectivity index (χ3v) is 10.7. The Morgan fingerprint density at radius 2 is 1.60 bits per heavy atom. The molecule has 0 aliphatic carbocycles. The van der Waals surface area contributed by atoms with Crippen LogP contribution in [0.25, 0.3) is 0 Å². The van der Waals surface area contributed by atoms with Gasteiger partial charge in [-0.15, -0.1) is 0 Å². The van der Waals surface area contributed by atoms with Gasteiger partial charge in [0, 0.05) is 12.0 Å². The van der Waals surface area contributed by atoms with Gasteiger partial charge in [0.2, 0.25) is 5.91 Å². The van der Waals surface area contributed by atoms with Gasteiger partial charge in [0.1, 0.15) is 5.82 Å². The quantitative estimate of drug-likeness (QED) is 0.409. The number of rotatable bonds is 6. The van der Waals surface area contributed by atoms with Gasteiger partial charge in [0.25, 0.3) is 15.6 Å². The van der Waals surface area contributed by atoms with Crippen molar-refractivity contribution in [2.45, 2.75) is 60.3 Å². The average molecular weight is 649 g/mol. The molecule has 2 aromatic carbocycles. The summed E-state index contributed by atoms with van der Waals surface area (Å²) in [4.78, 5) is 12.3. The first kappa shape index (κ1) is 32.0. The van der Waals surface area contributed by atoms with E-state index in [0.29, 0.717) is 16.4 Å². The van der Waals surface area contributed by atoms with E-state index in [1.807, 2.05) is 0 Å². The molecule has 2 aliphatic heterocycles. The number of fused-ring (bicyclic) bond motifs is 1. The molecule has 9 nitrogen and oxygen atoms in total. The molecule has 0 spiro atoms. The summed E-state index contributed by atoms with van der Waals surface area (Å²) in [5.74, 6) is -2.87. The SMILES string of the molecule is O=C(C[C@@H]1CCc2cc(C(O)(C(F)(F)F)C(F)(F)F)ccc2N1S(=O)(=O)c1ccc(F)cc1)NC1CS(=O)(=O)CC1O. The van der Waals surface area contributed by atoms with Crippen molar-refractivity contribution in [1.82, 2.24) is 5.32 Å². The second kappa shape index (κ2) is 10.6. The molecule has 1 amide bonds.